The number of aromatic nitrogens is 2. The summed E-state index contributed by atoms with van der Waals surface area (Å²) in [7, 11) is 0. The first-order valence-corrected chi connectivity index (χ1v) is 10.1. The normalized spacial score (nSPS) is 14.4. The largest absolute Gasteiger partial charge is 0.357 e. The molecule has 1 aliphatic carbocycles. The number of aliphatic imine (C=N–C) groups is 1. The minimum Gasteiger partial charge on any atom is -0.357 e. The monoisotopic (exact) mass is 382 g/mol. The molecule has 1 aliphatic rings. The van der Waals surface area contributed by atoms with Crippen molar-refractivity contribution in [2.24, 2.45) is 10.9 Å². The molecule has 0 saturated heterocycles. The van der Waals surface area contributed by atoms with Crippen LogP contribution in [-0.4, -0.2) is 34.7 Å². The zero-order valence-corrected chi connectivity index (χ0v) is 16.5. The number of aryl methyl sites for hydroxylation is 1. The van der Waals surface area contributed by atoms with E-state index in [1.54, 1.807) is 6.20 Å². The van der Waals surface area contributed by atoms with Crippen LogP contribution in [-0.2, 0) is 17.9 Å². The first-order valence-electron chi connectivity index (χ1n) is 10.1. The molecule has 7 nitrogen and oxygen atoms in total. The van der Waals surface area contributed by atoms with E-state index in [0.29, 0.717) is 6.54 Å². The van der Waals surface area contributed by atoms with Gasteiger partial charge in [0.05, 0.1) is 6.54 Å². The average Bonchev–Trinajstić information content (AvgIpc) is 3.15. The summed E-state index contributed by atoms with van der Waals surface area (Å²) in [6.07, 6.45) is 7.91. The van der Waals surface area contributed by atoms with Crippen molar-refractivity contribution in [3.8, 4) is 0 Å². The van der Waals surface area contributed by atoms with Gasteiger partial charge in [0.15, 0.2) is 5.96 Å². The van der Waals surface area contributed by atoms with Gasteiger partial charge in [0.1, 0.15) is 0 Å². The number of anilines is 1. The first-order chi connectivity index (χ1) is 13.7. The summed E-state index contributed by atoms with van der Waals surface area (Å²) in [5.74, 6) is 1.12. The fourth-order valence-electron chi connectivity index (χ4n) is 3.05. The van der Waals surface area contributed by atoms with Crippen molar-refractivity contribution in [2.45, 2.75) is 45.7 Å². The Balaban J connectivity index is 1.48. The van der Waals surface area contributed by atoms with E-state index in [1.165, 1.54) is 0 Å². The van der Waals surface area contributed by atoms with Gasteiger partial charge in [-0.1, -0.05) is 18.6 Å². The second-order valence-electron chi connectivity index (χ2n) is 7.06. The second kappa shape index (κ2) is 10.5. The molecule has 0 bridgehead atoms. The number of nitrogens with one attached hydrogen (secondary N) is 3. The Hall–Kier alpha value is -2.83. The lowest BCUT2D eigenvalue weighted by Crippen LogP contribution is -2.38. The minimum absolute atomic E-state index is 0.138. The van der Waals surface area contributed by atoms with E-state index < -0.39 is 0 Å². The van der Waals surface area contributed by atoms with Crippen LogP contribution in [0.2, 0.25) is 0 Å². The van der Waals surface area contributed by atoms with Gasteiger partial charge in [-0.15, -0.1) is 0 Å². The standard InChI is InChI=1S/C21H30N6O/c1-2-22-21(23-11-5-13-27-14-6-12-25-27)24-16-17-7-3-10-19(15-17)26-20(28)18-8-4-9-18/h3,6-7,10,12,14-15,18H,2,4-5,8-9,11,13,16H2,1H3,(H,26,28)(H2,22,23,24). The second-order valence-corrected chi connectivity index (χ2v) is 7.06. The fourth-order valence-corrected chi connectivity index (χ4v) is 3.05. The summed E-state index contributed by atoms with van der Waals surface area (Å²) in [6, 6.07) is 9.86. The molecule has 3 rings (SSSR count). The molecule has 0 aliphatic heterocycles. The number of hydrogen-bond donors (Lipinski definition) is 3. The summed E-state index contributed by atoms with van der Waals surface area (Å²) in [5.41, 5.74) is 1.92. The molecule has 1 fully saturated rings. The molecule has 1 amide bonds. The molecule has 7 heteroatoms. The lowest BCUT2D eigenvalue weighted by molar-refractivity contribution is -0.122. The highest BCUT2D eigenvalue weighted by molar-refractivity contribution is 5.93. The van der Waals surface area contributed by atoms with Gasteiger partial charge in [-0.25, -0.2) is 4.99 Å². The Morgan fingerprint density at radius 3 is 2.89 bits per heavy atom. The van der Waals surface area contributed by atoms with Crippen LogP contribution in [0.4, 0.5) is 5.69 Å². The number of nitrogens with zero attached hydrogens (tertiary/aromatic N) is 3. The number of hydrogen-bond acceptors (Lipinski definition) is 3. The molecule has 1 aromatic carbocycles. The number of carbonyl (C=O) groups excluding carboxylic acids is 1. The maximum atomic E-state index is 12.1. The van der Waals surface area contributed by atoms with Crippen LogP contribution in [0, 0.1) is 5.92 Å². The predicted octanol–water partition coefficient (Wildman–Crippen LogP) is 2.77. The third-order valence-corrected chi connectivity index (χ3v) is 4.85. The van der Waals surface area contributed by atoms with Crippen LogP contribution in [0.25, 0.3) is 0 Å². The Morgan fingerprint density at radius 1 is 1.29 bits per heavy atom. The molecule has 2 aromatic rings. The summed E-state index contributed by atoms with van der Waals surface area (Å²) >= 11 is 0. The molecule has 1 aromatic heterocycles. The van der Waals surface area contributed by atoms with E-state index in [9.17, 15) is 4.79 Å². The molecular formula is C21H30N6O. The van der Waals surface area contributed by atoms with Gasteiger partial charge in [0.25, 0.3) is 0 Å². The highest BCUT2D eigenvalue weighted by Gasteiger charge is 2.25. The van der Waals surface area contributed by atoms with Crippen LogP contribution in [0.15, 0.2) is 47.7 Å². The van der Waals surface area contributed by atoms with Crippen LogP contribution >= 0.6 is 0 Å². The summed E-state index contributed by atoms with van der Waals surface area (Å²) in [5, 5.41) is 13.9. The van der Waals surface area contributed by atoms with Crippen molar-refractivity contribution in [1.29, 1.82) is 0 Å². The highest BCUT2D eigenvalue weighted by Crippen LogP contribution is 2.27. The maximum Gasteiger partial charge on any atom is 0.227 e. The smallest absolute Gasteiger partial charge is 0.227 e. The lowest BCUT2D eigenvalue weighted by Gasteiger charge is -2.24. The molecule has 0 atom stereocenters. The number of amides is 1. The third kappa shape index (κ3) is 6.11. The Bertz CT molecular complexity index is 767. The third-order valence-electron chi connectivity index (χ3n) is 4.85. The number of carbonyl (C=O) groups is 1. The summed E-state index contributed by atoms with van der Waals surface area (Å²) < 4.78 is 1.93. The van der Waals surface area contributed by atoms with E-state index >= 15 is 0 Å². The van der Waals surface area contributed by atoms with Crippen molar-refractivity contribution in [2.75, 3.05) is 18.4 Å². The predicted molar refractivity (Wildman–Crippen MR) is 112 cm³/mol. The van der Waals surface area contributed by atoms with Gasteiger partial charge >= 0.3 is 0 Å². The Morgan fingerprint density at radius 2 is 2.18 bits per heavy atom. The van der Waals surface area contributed by atoms with Gasteiger partial charge < -0.3 is 16.0 Å². The van der Waals surface area contributed by atoms with Crippen molar-refractivity contribution in [3.63, 3.8) is 0 Å². The van der Waals surface area contributed by atoms with Crippen LogP contribution < -0.4 is 16.0 Å². The van der Waals surface area contributed by atoms with Crippen molar-refractivity contribution < 1.29 is 4.79 Å². The number of rotatable bonds is 9. The van der Waals surface area contributed by atoms with E-state index in [1.807, 2.05) is 41.2 Å². The number of benzene rings is 1. The van der Waals surface area contributed by atoms with E-state index in [-0.39, 0.29) is 11.8 Å². The molecule has 3 N–H and O–H groups in total. The van der Waals surface area contributed by atoms with Crippen molar-refractivity contribution in [3.05, 3.63) is 48.3 Å². The van der Waals surface area contributed by atoms with Crippen molar-refractivity contribution in [1.82, 2.24) is 20.4 Å². The Kier molecular flexibility index (Phi) is 7.46. The molecule has 0 radical (unpaired) electrons. The zero-order valence-electron chi connectivity index (χ0n) is 16.5. The fraction of sp³-hybridized carbons (Fsp3) is 0.476. The lowest BCUT2D eigenvalue weighted by atomic mass is 9.85. The van der Waals surface area contributed by atoms with Gasteiger partial charge in [-0.2, -0.15) is 5.10 Å². The quantitative estimate of drug-likeness (QED) is 0.354. The minimum atomic E-state index is 0.138. The SMILES string of the molecule is CCNC(=NCc1cccc(NC(=O)C2CCC2)c1)NCCCn1cccn1. The van der Waals surface area contributed by atoms with Gasteiger partial charge in [-0.3, -0.25) is 9.48 Å². The van der Waals surface area contributed by atoms with Gasteiger partial charge in [0.2, 0.25) is 5.91 Å². The van der Waals surface area contributed by atoms with Crippen LogP contribution in [0.5, 0.6) is 0 Å². The summed E-state index contributed by atoms with van der Waals surface area (Å²) in [6.45, 7) is 5.12. The average molecular weight is 383 g/mol. The first kappa shape index (κ1) is 19.9. The molecule has 1 saturated carbocycles. The maximum absolute atomic E-state index is 12.1. The molecule has 1 heterocycles. The van der Waals surface area contributed by atoms with E-state index in [4.69, 9.17) is 0 Å². The highest BCUT2D eigenvalue weighted by atomic mass is 16.1. The summed E-state index contributed by atoms with van der Waals surface area (Å²) in [4.78, 5) is 16.8. The molecule has 0 spiro atoms. The Labute approximate surface area is 166 Å². The van der Waals surface area contributed by atoms with Crippen molar-refractivity contribution >= 4 is 17.6 Å². The number of guanidine groups is 1. The van der Waals surface area contributed by atoms with E-state index in [0.717, 1.165) is 62.5 Å². The molecule has 0 unspecified atom stereocenters. The van der Waals surface area contributed by atoms with Gasteiger partial charge in [0, 0.05) is 43.6 Å². The zero-order chi connectivity index (χ0) is 19.6. The molecule has 28 heavy (non-hydrogen) atoms. The van der Waals surface area contributed by atoms with Crippen LogP contribution in [0.3, 0.4) is 0 Å². The topological polar surface area (TPSA) is 83.3 Å². The molecule has 150 valence electrons. The van der Waals surface area contributed by atoms with E-state index in [2.05, 4.69) is 33.0 Å². The molecular weight excluding hydrogens is 352 g/mol. The van der Waals surface area contributed by atoms with Gasteiger partial charge in [-0.05, 0) is 49.9 Å². The van der Waals surface area contributed by atoms with Crippen LogP contribution in [0.1, 0.15) is 38.2 Å².